The molecule has 2 nitrogen and oxygen atoms in total. The summed E-state index contributed by atoms with van der Waals surface area (Å²) in [5.74, 6) is -0.207. The molecule has 0 saturated heterocycles. The minimum absolute atomic E-state index is 0.207. The van der Waals surface area contributed by atoms with Gasteiger partial charge in [0.1, 0.15) is 0 Å². The first-order valence-corrected chi connectivity index (χ1v) is 5.18. The highest BCUT2D eigenvalue weighted by atomic mass is 16.5. The standard InChI is InChI=1S/C13H14O2/c1-10(14)15-9-8-12-7-6-11-4-2-3-5-13(11)12/h2-5,7H,6,8-9H2,1H3. The van der Waals surface area contributed by atoms with Crippen LogP contribution in [0, 0.1) is 0 Å². The predicted molar refractivity (Wildman–Crippen MR) is 59.4 cm³/mol. The molecule has 0 atom stereocenters. The Labute approximate surface area is 89.6 Å². The quantitative estimate of drug-likeness (QED) is 0.704. The average Bonchev–Trinajstić information content (AvgIpc) is 2.62. The lowest BCUT2D eigenvalue weighted by atomic mass is 10.0. The van der Waals surface area contributed by atoms with Gasteiger partial charge in [0.05, 0.1) is 6.61 Å². The van der Waals surface area contributed by atoms with E-state index in [2.05, 4.69) is 24.3 Å². The molecule has 0 unspecified atom stereocenters. The molecular formula is C13H14O2. The van der Waals surface area contributed by atoms with Gasteiger partial charge in [-0.15, -0.1) is 0 Å². The molecule has 0 amide bonds. The summed E-state index contributed by atoms with van der Waals surface area (Å²) in [4.78, 5) is 10.6. The first kappa shape index (κ1) is 9.97. The van der Waals surface area contributed by atoms with E-state index in [1.165, 1.54) is 23.6 Å². The molecule has 15 heavy (non-hydrogen) atoms. The second kappa shape index (κ2) is 4.30. The summed E-state index contributed by atoms with van der Waals surface area (Å²) in [5, 5.41) is 0. The van der Waals surface area contributed by atoms with Crippen LogP contribution in [-0.4, -0.2) is 12.6 Å². The zero-order valence-electron chi connectivity index (χ0n) is 8.82. The van der Waals surface area contributed by atoms with Gasteiger partial charge in [0, 0.05) is 13.3 Å². The Hall–Kier alpha value is -1.57. The molecule has 0 N–H and O–H groups in total. The number of allylic oxidation sites excluding steroid dienone is 1. The average molecular weight is 202 g/mol. The zero-order valence-corrected chi connectivity index (χ0v) is 8.82. The summed E-state index contributed by atoms with van der Waals surface area (Å²) in [6, 6.07) is 8.37. The lowest BCUT2D eigenvalue weighted by molar-refractivity contribution is -0.140. The van der Waals surface area contributed by atoms with Crippen molar-refractivity contribution >= 4 is 11.5 Å². The van der Waals surface area contributed by atoms with Crippen LogP contribution < -0.4 is 0 Å². The molecule has 2 rings (SSSR count). The van der Waals surface area contributed by atoms with Crippen molar-refractivity contribution in [3.05, 3.63) is 41.5 Å². The molecular weight excluding hydrogens is 188 g/mol. The van der Waals surface area contributed by atoms with E-state index in [4.69, 9.17) is 4.74 Å². The third kappa shape index (κ3) is 2.27. The fourth-order valence-electron chi connectivity index (χ4n) is 1.90. The van der Waals surface area contributed by atoms with Gasteiger partial charge in [-0.3, -0.25) is 4.79 Å². The van der Waals surface area contributed by atoms with Crippen molar-refractivity contribution in [1.82, 2.24) is 0 Å². The van der Waals surface area contributed by atoms with E-state index in [1.807, 2.05) is 6.07 Å². The van der Waals surface area contributed by atoms with Crippen LogP contribution in [0.1, 0.15) is 24.5 Å². The Morgan fingerprint density at radius 2 is 2.20 bits per heavy atom. The molecule has 0 spiro atoms. The van der Waals surface area contributed by atoms with Gasteiger partial charge in [-0.2, -0.15) is 0 Å². The molecule has 0 aliphatic heterocycles. The van der Waals surface area contributed by atoms with E-state index >= 15 is 0 Å². The fourth-order valence-corrected chi connectivity index (χ4v) is 1.90. The minimum Gasteiger partial charge on any atom is -0.466 e. The van der Waals surface area contributed by atoms with Crippen molar-refractivity contribution in [3.8, 4) is 0 Å². The smallest absolute Gasteiger partial charge is 0.302 e. The van der Waals surface area contributed by atoms with Crippen LogP contribution in [0.25, 0.3) is 5.57 Å². The summed E-state index contributed by atoms with van der Waals surface area (Å²) < 4.78 is 4.94. The van der Waals surface area contributed by atoms with Crippen LogP contribution in [0.2, 0.25) is 0 Å². The molecule has 0 saturated carbocycles. The predicted octanol–water partition coefficient (Wildman–Crippen LogP) is 2.58. The number of hydrogen-bond donors (Lipinski definition) is 0. The number of hydrogen-bond acceptors (Lipinski definition) is 2. The number of esters is 1. The van der Waals surface area contributed by atoms with Crippen LogP contribution in [0.3, 0.4) is 0 Å². The van der Waals surface area contributed by atoms with Crippen molar-refractivity contribution < 1.29 is 9.53 Å². The van der Waals surface area contributed by atoms with Gasteiger partial charge < -0.3 is 4.74 Å². The number of fused-ring (bicyclic) bond motifs is 1. The monoisotopic (exact) mass is 202 g/mol. The molecule has 0 fully saturated rings. The highest BCUT2D eigenvalue weighted by molar-refractivity contribution is 5.73. The summed E-state index contributed by atoms with van der Waals surface area (Å²) in [7, 11) is 0. The van der Waals surface area contributed by atoms with Crippen molar-refractivity contribution in [2.45, 2.75) is 19.8 Å². The first-order chi connectivity index (χ1) is 7.27. The van der Waals surface area contributed by atoms with E-state index in [1.54, 1.807) is 0 Å². The largest absolute Gasteiger partial charge is 0.466 e. The molecule has 1 aromatic rings. The van der Waals surface area contributed by atoms with Crippen molar-refractivity contribution in [2.75, 3.05) is 6.61 Å². The lowest BCUT2D eigenvalue weighted by Crippen LogP contribution is -2.00. The van der Waals surface area contributed by atoms with Crippen molar-refractivity contribution in [2.24, 2.45) is 0 Å². The third-order valence-electron chi connectivity index (χ3n) is 2.61. The summed E-state index contributed by atoms with van der Waals surface area (Å²) in [5.41, 5.74) is 3.98. The Balaban J connectivity index is 1.98. The highest BCUT2D eigenvalue weighted by Crippen LogP contribution is 2.29. The van der Waals surface area contributed by atoms with E-state index < -0.39 is 0 Å². The maximum absolute atomic E-state index is 10.6. The van der Waals surface area contributed by atoms with Crippen LogP contribution >= 0.6 is 0 Å². The molecule has 0 heterocycles. The van der Waals surface area contributed by atoms with Gasteiger partial charge in [0.15, 0.2) is 0 Å². The summed E-state index contributed by atoms with van der Waals surface area (Å²) in [6.45, 7) is 1.92. The number of carbonyl (C=O) groups is 1. The number of rotatable bonds is 3. The number of benzene rings is 1. The van der Waals surface area contributed by atoms with Gasteiger partial charge in [-0.05, 0) is 23.1 Å². The summed E-state index contributed by atoms with van der Waals surface area (Å²) in [6.07, 6.45) is 4.04. The molecule has 1 aliphatic rings. The Kier molecular flexibility index (Phi) is 2.86. The van der Waals surface area contributed by atoms with E-state index in [0.717, 1.165) is 12.8 Å². The van der Waals surface area contributed by atoms with Gasteiger partial charge in [0.25, 0.3) is 0 Å². The van der Waals surface area contributed by atoms with Gasteiger partial charge in [-0.1, -0.05) is 30.3 Å². The Morgan fingerprint density at radius 3 is 3.00 bits per heavy atom. The molecule has 2 heteroatoms. The molecule has 1 aliphatic carbocycles. The molecule has 0 radical (unpaired) electrons. The van der Waals surface area contributed by atoms with Gasteiger partial charge in [-0.25, -0.2) is 0 Å². The lowest BCUT2D eigenvalue weighted by Gasteiger charge is -2.05. The number of carbonyl (C=O) groups excluding carboxylic acids is 1. The molecule has 0 bridgehead atoms. The van der Waals surface area contributed by atoms with E-state index in [-0.39, 0.29) is 5.97 Å². The highest BCUT2D eigenvalue weighted by Gasteiger charge is 2.12. The van der Waals surface area contributed by atoms with Crippen molar-refractivity contribution in [3.63, 3.8) is 0 Å². The zero-order chi connectivity index (χ0) is 10.7. The molecule has 1 aromatic carbocycles. The van der Waals surface area contributed by atoms with Crippen LogP contribution in [0.5, 0.6) is 0 Å². The topological polar surface area (TPSA) is 26.3 Å². The van der Waals surface area contributed by atoms with Crippen LogP contribution in [0.4, 0.5) is 0 Å². The molecule has 78 valence electrons. The second-order valence-electron chi connectivity index (χ2n) is 3.68. The van der Waals surface area contributed by atoms with E-state index in [9.17, 15) is 4.79 Å². The van der Waals surface area contributed by atoms with E-state index in [0.29, 0.717) is 6.61 Å². The fraction of sp³-hybridized carbons (Fsp3) is 0.308. The summed E-state index contributed by atoms with van der Waals surface area (Å²) >= 11 is 0. The van der Waals surface area contributed by atoms with Crippen molar-refractivity contribution in [1.29, 1.82) is 0 Å². The minimum atomic E-state index is -0.207. The first-order valence-electron chi connectivity index (χ1n) is 5.18. The maximum atomic E-state index is 10.6. The van der Waals surface area contributed by atoms with Crippen LogP contribution in [-0.2, 0) is 16.0 Å². The van der Waals surface area contributed by atoms with Gasteiger partial charge in [0.2, 0.25) is 0 Å². The van der Waals surface area contributed by atoms with Crippen LogP contribution in [0.15, 0.2) is 30.3 Å². The third-order valence-corrected chi connectivity index (χ3v) is 2.61. The second-order valence-corrected chi connectivity index (χ2v) is 3.68. The molecule has 0 aromatic heterocycles. The SMILES string of the molecule is CC(=O)OCCC1=CCc2ccccc21. The number of ether oxygens (including phenoxy) is 1. The van der Waals surface area contributed by atoms with Gasteiger partial charge >= 0.3 is 5.97 Å². The Bertz CT molecular complexity index is 405. The normalized spacial score (nSPS) is 13.3. The maximum Gasteiger partial charge on any atom is 0.302 e. The Morgan fingerprint density at radius 1 is 1.40 bits per heavy atom.